The van der Waals surface area contributed by atoms with E-state index in [0.29, 0.717) is 0 Å². The minimum Gasteiger partial charge on any atom is -0.388 e. The molecule has 0 rings (SSSR count). The smallest absolute Gasteiger partial charge is 0.388 e. The highest BCUT2D eigenvalue weighted by atomic mass is 31.2. The van der Waals surface area contributed by atoms with Crippen LogP contribution in [-0.2, 0) is 36.9 Å². The van der Waals surface area contributed by atoms with Crippen molar-refractivity contribution in [3.63, 3.8) is 0 Å². The number of hydrogen-bond acceptors (Lipinski definition) is 12. The van der Waals surface area contributed by atoms with Crippen LogP contribution in [0.1, 0.15) is 6.92 Å². The van der Waals surface area contributed by atoms with Crippen molar-refractivity contribution < 1.29 is 86.6 Å². The van der Waals surface area contributed by atoms with Crippen LogP contribution in [0.25, 0.3) is 0 Å². The zero-order valence-electron chi connectivity index (χ0n) is 14.8. The molecule has 3 atom stereocenters. The lowest BCUT2D eigenvalue weighted by Crippen LogP contribution is -2.46. The molecule has 0 fully saturated rings. The van der Waals surface area contributed by atoms with E-state index in [2.05, 4.69) is 13.6 Å². The van der Waals surface area contributed by atoms with Gasteiger partial charge < -0.3 is 49.8 Å². The molecule has 0 saturated carbocycles. The number of aliphatic hydroxyl groups is 4. The Kier molecular flexibility index (Phi) is 13.9. The molecule has 0 aromatic carbocycles. The summed E-state index contributed by atoms with van der Waals surface area (Å²) in [4.78, 5) is 72.3. The van der Waals surface area contributed by atoms with Gasteiger partial charge in [0.25, 0.3) is 0 Å². The molecule has 18 nitrogen and oxygen atoms in total. The lowest BCUT2D eigenvalue weighted by atomic mass is 10.1. The fourth-order valence-electron chi connectivity index (χ4n) is 1.16. The molecule has 0 heterocycles. The second-order valence-corrected chi connectivity index (χ2v) is 8.75. The van der Waals surface area contributed by atoms with E-state index in [-0.39, 0.29) is 0 Å². The number of ketones is 2. The summed E-state index contributed by atoms with van der Waals surface area (Å²) in [6, 6.07) is 0. The van der Waals surface area contributed by atoms with Gasteiger partial charge in [0, 0.05) is 0 Å². The molecule has 0 saturated heterocycles. The molecule has 21 heteroatoms. The van der Waals surface area contributed by atoms with Crippen molar-refractivity contribution in [2.24, 2.45) is 0 Å². The van der Waals surface area contributed by atoms with Crippen molar-refractivity contribution >= 4 is 35.0 Å². The first kappa shape index (κ1) is 31.7. The number of phosphoric ester groups is 3. The third kappa shape index (κ3) is 18.3. The average Bonchev–Trinajstić information content (AvgIpc) is 2.53. The van der Waals surface area contributed by atoms with Gasteiger partial charge in [0.1, 0.15) is 18.8 Å². The number of carbonyl (C=O) groups excluding carboxylic acids is 2. The molecular formula is C9H21O18P3. The van der Waals surface area contributed by atoms with Crippen LogP contribution in [-0.4, -0.2) is 99.2 Å². The van der Waals surface area contributed by atoms with Gasteiger partial charge >= 0.3 is 23.5 Å². The summed E-state index contributed by atoms with van der Waals surface area (Å²) in [5, 5.41) is 34.7. The van der Waals surface area contributed by atoms with E-state index in [1.165, 1.54) is 0 Å². The van der Waals surface area contributed by atoms with Crippen molar-refractivity contribution in [1.82, 2.24) is 0 Å². The van der Waals surface area contributed by atoms with Crippen LogP contribution in [0.2, 0.25) is 0 Å². The molecule has 0 unspecified atom stereocenters. The molecule has 30 heavy (non-hydrogen) atoms. The van der Waals surface area contributed by atoms with E-state index in [0.717, 1.165) is 6.92 Å². The Labute approximate surface area is 167 Å². The summed E-state index contributed by atoms with van der Waals surface area (Å²) >= 11 is 0. The van der Waals surface area contributed by atoms with Crippen LogP contribution in [0.15, 0.2) is 0 Å². The highest BCUT2D eigenvalue weighted by Gasteiger charge is 2.39. The Morgan fingerprint density at radius 2 is 1.20 bits per heavy atom. The Morgan fingerprint density at radius 1 is 0.800 bits per heavy atom. The number of phosphoric acid groups is 3. The lowest BCUT2D eigenvalue weighted by molar-refractivity contribution is -0.142. The Morgan fingerprint density at radius 3 is 1.50 bits per heavy atom. The number of Topliss-reactive ketones (excluding diaryl/α,β-unsaturated/α-hetero) is 2. The molecule has 0 aliphatic carbocycles. The molecule has 0 aliphatic rings. The summed E-state index contributed by atoms with van der Waals surface area (Å²) in [6.45, 7) is -1.62. The maximum absolute atomic E-state index is 11.6. The molecule has 0 bridgehead atoms. The number of hydrogen-bond donors (Lipinski definition) is 10. The van der Waals surface area contributed by atoms with Gasteiger partial charge in [-0.2, -0.15) is 0 Å². The van der Waals surface area contributed by atoms with Crippen LogP contribution in [0.4, 0.5) is 0 Å². The Hall–Kier alpha value is -0.490. The first-order chi connectivity index (χ1) is 13.2. The molecule has 0 amide bonds. The fraction of sp³-hybridized carbons (Fsp3) is 0.778. The second kappa shape index (κ2) is 13.1. The van der Waals surface area contributed by atoms with Crippen LogP contribution in [0.3, 0.4) is 0 Å². The molecule has 0 spiro atoms. The zero-order valence-corrected chi connectivity index (χ0v) is 17.5. The van der Waals surface area contributed by atoms with Crippen molar-refractivity contribution in [3.8, 4) is 0 Å². The number of rotatable bonds is 12. The van der Waals surface area contributed by atoms with Crippen LogP contribution < -0.4 is 0 Å². The van der Waals surface area contributed by atoms with Crippen LogP contribution in [0, 0.1) is 0 Å². The van der Waals surface area contributed by atoms with Gasteiger partial charge in [0.05, 0.1) is 6.61 Å². The predicted molar refractivity (Wildman–Crippen MR) is 88.8 cm³/mol. The van der Waals surface area contributed by atoms with Gasteiger partial charge in [-0.05, 0) is 6.92 Å². The molecule has 10 N–H and O–H groups in total. The van der Waals surface area contributed by atoms with Gasteiger partial charge in [-0.15, -0.1) is 0 Å². The van der Waals surface area contributed by atoms with Crippen molar-refractivity contribution in [2.45, 2.75) is 31.5 Å². The summed E-state index contributed by atoms with van der Waals surface area (Å²) in [7, 11) is -15.6. The first-order valence-electron chi connectivity index (χ1n) is 7.06. The summed E-state index contributed by atoms with van der Waals surface area (Å²) < 4.78 is 43.2. The molecular weight excluding hydrogens is 489 g/mol. The number of aliphatic hydroxyl groups excluding tert-OH is 3. The summed E-state index contributed by atoms with van der Waals surface area (Å²) in [6.07, 6.45) is -9.09. The first-order valence-corrected chi connectivity index (χ1v) is 11.6. The topological polar surface area (TPSA) is 315 Å². The second-order valence-electron chi connectivity index (χ2n) is 5.08. The normalized spacial score (nSPS) is 15.7. The Balaban J connectivity index is 0. The minimum atomic E-state index is -5.42. The lowest BCUT2D eigenvalue weighted by Gasteiger charge is -2.25. The van der Waals surface area contributed by atoms with Crippen LogP contribution >= 0.6 is 23.5 Å². The van der Waals surface area contributed by atoms with Gasteiger partial charge in [0.15, 0.2) is 17.7 Å². The minimum absolute atomic E-state index is 0.630. The highest BCUT2D eigenvalue weighted by Crippen LogP contribution is 2.40. The maximum Gasteiger partial charge on any atom is 0.470 e. The van der Waals surface area contributed by atoms with E-state index in [1.54, 1.807) is 0 Å². The third-order valence-corrected chi connectivity index (χ3v) is 3.88. The maximum atomic E-state index is 11.6. The molecule has 0 radical (unpaired) electrons. The van der Waals surface area contributed by atoms with Gasteiger partial charge in [-0.3, -0.25) is 23.2 Å². The molecule has 0 aliphatic heterocycles. The van der Waals surface area contributed by atoms with E-state index in [4.69, 9.17) is 39.6 Å². The number of carbonyl (C=O) groups is 2. The van der Waals surface area contributed by atoms with Gasteiger partial charge in [-0.25, -0.2) is 13.7 Å². The molecule has 0 aromatic rings. The van der Waals surface area contributed by atoms with Crippen LogP contribution in [0.5, 0.6) is 0 Å². The quantitative estimate of drug-likeness (QED) is 0.0879. The Bertz CT molecular complexity index is 687. The monoisotopic (exact) mass is 510 g/mol. The third-order valence-electron chi connectivity index (χ3n) is 2.42. The summed E-state index contributed by atoms with van der Waals surface area (Å²) in [5.41, 5.74) is 0. The van der Waals surface area contributed by atoms with Gasteiger partial charge in [-0.1, -0.05) is 0 Å². The molecule has 0 aromatic heterocycles. The van der Waals surface area contributed by atoms with Crippen molar-refractivity contribution in [1.29, 1.82) is 0 Å². The zero-order chi connectivity index (χ0) is 24.5. The fourth-order valence-corrected chi connectivity index (χ4v) is 2.34. The average molecular weight is 510 g/mol. The predicted octanol–water partition coefficient (Wildman–Crippen LogP) is -4.14. The van der Waals surface area contributed by atoms with E-state index in [1.807, 2.05) is 0 Å². The van der Waals surface area contributed by atoms with Gasteiger partial charge in [0.2, 0.25) is 6.29 Å². The van der Waals surface area contributed by atoms with E-state index >= 15 is 0 Å². The largest absolute Gasteiger partial charge is 0.470 e. The van der Waals surface area contributed by atoms with E-state index in [9.17, 15) is 33.5 Å². The summed E-state index contributed by atoms with van der Waals surface area (Å²) in [5.74, 6) is -2.22. The van der Waals surface area contributed by atoms with Crippen molar-refractivity contribution in [3.05, 3.63) is 0 Å². The standard InChI is InChI=1S/C6H15O15P3.C3H6O3/c7-3(1-19-22(10,11)12)5(9)6(21-24(16,17)18)4(8)2-20-23(13,14)15;1-2(4)3(5)6/h3,5-7,9H,1-2H2,(H2,10,11,12)(H2,13,14,15)(H2,16,17,18);3,5-6H,1H3/t3-,5-,6-;/m1./s1. The highest BCUT2D eigenvalue weighted by molar-refractivity contribution is 7.46. The molecule has 180 valence electrons. The van der Waals surface area contributed by atoms with Crippen molar-refractivity contribution in [2.75, 3.05) is 13.2 Å². The van der Waals surface area contributed by atoms with E-state index < -0.39 is 72.9 Å². The SMILES string of the molecule is CC(=O)C(O)O.O=C(COP(=O)(O)O)[C@@H](OP(=O)(O)O)[C@H](O)[C@H](O)COP(=O)(O)O.